The van der Waals surface area contributed by atoms with E-state index in [9.17, 15) is 18.4 Å². The molecule has 1 aromatic carbocycles. The molecule has 1 aliphatic carbocycles. The third kappa shape index (κ3) is 2.94. The number of amides is 2. The van der Waals surface area contributed by atoms with Crippen LogP contribution in [0.15, 0.2) is 18.2 Å². The van der Waals surface area contributed by atoms with E-state index in [1.165, 1.54) is 11.0 Å². The van der Waals surface area contributed by atoms with Gasteiger partial charge in [-0.15, -0.1) is 0 Å². The van der Waals surface area contributed by atoms with Gasteiger partial charge in [-0.1, -0.05) is 12.8 Å². The van der Waals surface area contributed by atoms with Crippen LogP contribution in [0.1, 0.15) is 32.6 Å². The number of nitrogens with zero attached hydrogens (tertiary/aromatic N) is 2. The Labute approximate surface area is 134 Å². The van der Waals surface area contributed by atoms with E-state index >= 15 is 0 Å². The predicted molar refractivity (Wildman–Crippen MR) is 81.8 cm³/mol. The first-order chi connectivity index (χ1) is 11.0. The Balaban J connectivity index is 1.77. The summed E-state index contributed by atoms with van der Waals surface area (Å²) in [4.78, 5) is 28.0. The van der Waals surface area contributed by atoms with Crippen LogP contribution in [-0.2, 0) is 9.59 Å². The average Bonchev–Trinajstić information content (AvgIpc) is 3.04. The van der Waals surface area contributed by atoms with Gasteiger partial charge in [-0.2, -0.15) is 0 Å². The Morgan fingerprint density at radius 3 is 2.52 bits per heavy atom. The van der Waals surface area contributed by atoms with Gasteiger partial charge in [0.1, 0.15) is 17.7 Å². The minimum absolute atomic E-state index is 0.0133. The first kappa shape index (κ1) is 15.9. The lowest BCUT2D eigenvalue weighted by Crippen LogP contribution is -2.58. The highest BCUT2D eigenvalue weighted by Crippen LogP contribution is 2.29. The Bertz CT molecular complexity index is 629. The number of rotatable bonds is 2. The van der Waals surface area contributed by atoms with Gasteiger partial charge < -0.3 is 9.80 Å². The second-order valence-corrected chi connectivity index (χ2v) is 6.27. The number of hydrogen-bond donors (Lipinski definition) is 0. The summed E-state index contributed by atoms with van der Waals surface area (Å²) in [5.74, 6) is -1.72. The van der Waals surface area contributed by atoms with Gasteiger partial charge in [0.05, 0.1) is 5.69 Å². The van der Waals surface area contributed by atoms with Crippen molar-refractivity contribution in [3.63, 3.8) is 0 Å². The van der Waals surface area contributed by atoms with Crippen LogP contribution >= 0.6 is 0 Å². The molecule has 1 aliphatic heterocycles. The lowest BCUT2D eigenvalue weighted by atomic mass is 10.0. The smallest absolute Gasteiger partial charge is 0.249 e. The van der Waals surface area contributed by atoms with Gasteiger partial charge in [0, 0.05) is 25.1 Å². The van der Waals surface area contributed by atoms with Gasteiger partial charge in [0.25, 0.3) is 0 Å². The Kier molecular flexibility index (Phi) is 4.33. The lowest BCUT2D eigenvalue weighted by Gasteiger charge is -2.40. The minimum atomic E-state index is -0.763. The van der Waals surface area contributed by atoms with E-state index in [4.69, 9.17) is 0 Å². The maximum Gasteiger partial charge on any atom is 0.249 e. The summed E-state index contributed by atoms with van der Waals surface area (Å²) in [6, 6.07) is 2.54. The number of halogens is 2. The highest BCUT2D eigenvalue weighted by molar-refractivity contribution is 6.00. The summed E-state index contributed by atoms with van der Waals surface area (Å²) in [6.07, 6.45) is 3.87. The molecule has 1 aromatic rings. The van der Waals surface area contributed by atoms with Crippen molar-refractivity contribution in [2.75, 3.05) is 18.0 Å². The minimum Gasteiger partial charge on any atom is -0.329 e. The van der Waals surface area contributed by atoms with E-state index in [-0.39, 0.29) is 30.0 Å². The van der Waals surface area contributed by atoms with Crippen molar-refractivity contribution in [2.24, 2.45) is 5.92 Å². The Morgan fingerprint density at radius 2 is 1.87 bits per heavy atom. The summed E-state index contributed by atoms with van der Waals surface area (Å²) in [5.41, 5.74) is 0.0659. The zero-order valence-electron chi connectivity index (χ0n) is 13.1. The molecule has 1 heterocycles. The van der Waals surface area contributed by atoms with Crippen molar-refractivity contribution in [3.8, 4) is 0 Å². The molecule has 2 fully saturated rings. The molecule has 1 unspecified atom stereocenters. The molecule has 0 spiro atoms. The van der Waals surface area contributed by atoms with Gasteiger partial charge in [-0.05, 0) is 31.9 Å². The standard InChI is InChI=1S/C17H20F2N2O2/c1-11-16(22)21(15-7-6-13(18)10-14(15)19)9-8-20(11)17(23)12-4-2-3-5-12/h6-7,10-12H,2-5,8-9H2,1H3. The van der Waals surface area contributed by atoms with E-state index in [0.29, 0.717) is 6.54 Å². The van der Waals surface area contributed by atoms with Crippen LogP contribution in [0, 0.1) is 17.6 Å². The van der Waals surface area contributed by atoms with E-state index in [1.807, 2.05) is 0 Å². The molecule has 0 radical (unpaired) electrons. The molecular weight excluding hydrogens is 302 g/mol. The first-order valence-electron chi connectivity index (χ1n) is 8.06. The second-order valence-electron chi connectivity index (χ2n) is 6.27. The number of piperazine rings is 1. The number of carbonyl (C=O) groups excluding carboxylic acids is 2. The molecule has 3 rings (SSSR count). The zero-order valence-corrected chi connectivity index (χ0v) is 13.1. The van der Waals surface area contributed by atoms with Crippen LogP contribution in [-0.4, -0.2) is 35.8 Å². The van der Waals surface area contributed by atoms with Gasteiger partial charge in [-0.25, -0.2) is 8.78 Å². The van der Waals surface area contributed by atoms with Crippen LogP contribution in [0.2, 0.25) is 0 Å². The summed E-state index contributed by atoms with van der Waals surface area (Å²) < 4.78 is 27.0. The second kappa shape index (κ2) is 6.26. The van der Waals surface area contributed by atoms with E-state index in [2.05, 4.69) is 0 Å². The average molecular weight is 322 g/mol. The number of benzene rings is 1. The fourth-order valence-electron chi connectivity index (χ4n) is 3.52. The molecule has 2 aliphatic rings. The van der Waals surface area contributed by atoms with Gasteiger partial charge >= 0.3 is 0 Å². The zero-order chi connectivity index (χ0) is 16.6. The van der Waals surface area contributed by atoms with Crippen molar-refractivity contribution in [1.82, 2.24) is 4.90 Å². The van der Waals surface area contributed by atoms with E-state index < -0.39 is 17.7 Å². The maximum absolute atomic E-state index is 13.9. The molecule has 0 bridgehead atoms. The third-order valence-corrected chi connectivity index (χ3v) is 4.84. The molecule has 124 valence electrons. The van der Waals surface area contributed by atoms with Gasteiger partial charge in [0.2, 0.25) is 11.8 Å². The van der Waals surface area contributed by atoms with Crippen LogP contribution in [0.4, 0.5) is 14.5 Å². The monoisotopic (exact) mass is 322 g/mol. The van der Waals surface area contributed by atoms with Crippen molar-refractivity contribution >= 4 is 17.5 Å². The molecule has 4 nitrogen and oxygen atoms in total. The van der Waals surface area contributed by atoms with Crippen LogP contribution in [0.5, 0.6) is 0 Å². The fraction of sp³-hybridized carbons (Fsp3) is 0.529. The van der Waals surface area contributed by atoms with Crippen LogP contribution in [0.3, 0.4) is 0 Å². The summed E-state index contributed by atoms with van der Waals surface area (Å²) in [6.45, 7) is 2.27. The molecule has 1 saturated carbocycles. The predicted octanol–water partition coefficient (Wildman–Crippen LogP) is 2.72. The number of hydrogen-bond acceptors (Lipinski definition) is 2. The lowest BCUT2D eigenvalue weighted by molar-refractivity contribution is -0.143. The highest BCUT2D eigenvalue weighted by atomic mass is 19.1. The molecule has 0 aromatic heterocycles. The molecule has 6 heteroatoms. The molecule has 23 heavy (non-hydrogen) atoms. The topological polar surface area (TPSA) is 40.6 Å². The van der Waals surface area contributed by atoms with E-state index in [1.54, 1.807) is 11.8 Å². The summed E-state index contributed by atoms with van der Waals surface area (Å²) >= 11 is 0. The number of anilines is 1. The Morgan fingerprint density at radius 1 is 1.17 bits per heavy atom. The molecule has 1 saturated heterocycles. The van der Waals surface area contributed by atoms with Gasteiger partial charge in [0.15, 0.2) is 0 Å². The van der Waals surface area contributed by atoms with Crippen molar-refractivity contribution in [1.29, 1.82) is 0 Å². The largest absolute Gasteiger partial charge is 0.329 e. The maximum atomic E-state index is 13.9. The molecular formula is C17H20F2N2O2. The molecule has 0 N–H and O–H groups in total. The quantitative estimate of drug-likeness (QED) is 0.840. The van der Waals surface area contributed by atoms with Gasteiger partial charge in [-0.3, -0.25) is 9.59 Å². The molecule has 1 atom stereocenters. The van der Waals surface area contributed by atoms with Crippen molar-refractivity contribution in [2.45, 2.75) is 38.6 Å². The molecule has 2 amide bonds. The van der Waals surface area contributed by atoms with Crippen LogP contribution < -0.4 is 4.90 Å². The fourth-order valence-corrected chi connectivity index (χ4v) is 3.52. The summed E-state index contributed by atoms with van der Waals surface area (Å²) in [7, 11) is 0. The third-order valence-electron chi connectivity index (χ3n) is 4.84. The van der Waals surface area contributed by atoms with Crippen molar-refractivity contribution in [3.05, 3.63) is 29.8 Å². The normalized spacial score (nSPS) is 22.7. The van der Waals surface area contributed by atoms with Crippen molar-refractivity contribution < 1.29 is 18.4 Å². The van der Waals surface area contributed by atoms with E-state index in [0.717, 1.165) is 37.8 Å². The summed E-state index contributed by atoms with van der Waals surface area (Å²) in [5, 5.41) is 0. The Hall–Kier alpha value is -1.98. The SMILES string of the molecule is CC1C(=O)N(c2ccc(F)cc2F)CCN1C(=O)C1CCCC1. The van der Waals surface area contributed by atoms with Crippen LogP contribution in [0.25, 0.3) is 0 Å². The first-order valence-corrected chi connectivity index (χ1v) is 8.06. The highest BCUT2D eigenvalue weighted by Gasteiger charge is 2.38. The number of carbonyl (C=O) groups is 2.